The zero-order valence-corrected chi connectivity index (χ0v) is 11.2. The van der Waals surface area contributed by atoms with Gasteiger partial charge in [0.25, 0.3) is 0 Å². The van der Waals surface area contributed by atoms with Crippen LogP contribution < -0.4 is 0 Å². The quantitative estimate of drug-likeness (QED) is 0.848. The summed E-state index contributed by atoms with van der Waals surface area (Å²) in [5, 5.41) is 10.3. The van der Waals surface area contributed by atoms with E-state index in [0.717, 1.165) is 18.4 Å². The Hall–Kier alpha value is -1.39. The highest BCUT2D eigenvalue weighted by Gasteiger charge is 2.23. The second-order valence-electron chi connectivity index (χ2n) is 4.74. The van der Waals surface area contributed by atoms with Crippen LogP contribution in [-0.2, 0) is 9.47 Å². The maximum Gasteiger partial charge on any atom is 0.338 e. The fourth-order valence-electron chi connectivity index (χ4n) is 2.33. The minimum absolute atomic E-state index is 0.238. The van der Waals surface area contributed by atoms with E-state index in [1.165, 1.54) is 0 Å². The van der Waals surface area contributed by atoms with Crippen LogP contribution in [0.5, 0.6) is 0 Å². The summed E-state index contributed by atoms with van der Waals surface area (Å²) in [6.45, 7) is 3.57. The van der Waals surface area contributed by atoms with Gasteiger partial charge in [0.05, 0.1) is 18.3 Å². The molecule has 0 amide bonds. The molecule has 1 aliphatic rings. The maximum atomic E-state index is 11.5. The summed E-state index contributed by atoms with van der Waals surface area (Å²) in [6, 6.07) is 7.00. The number of ether oxygens (including phenoxy) is 2. The van der Waals surface area contributed by atoms with Gasteiger partial charge in [-0.3, -0.25) is 0 Å². The van der Waals surface area contributed by atoms with Crippen molar-refractivity contribution in [2.24, 2.45) is 5.92 Å². The van der Waals surface area contributed by atoms with Gasteiger partial charge in [-0.25, -0.2) is 4.79 Å². The summed E-state index contributed by atoms with van der Waals surface area (Å²) in [6.07, 6.45) is 1.27. The van der Waals surface area contributed by atoms with Crippen molar-refractivity contribution in [1.82, 2.24) is 0 Å². The molecule has 1 fully saturated rings. The van der Waals surface area contributed by atoms with Crippen molar-refractivity contribution in [3.05, 3.63) is 35.4 Å². The third kappa shape index (κ3) is 3.55. The van der Waals surface area contributed by atoms with Gasteiger partial charge in [-0.15, -0.1) is 0 Å². The van der Waals surface area contributed by atoms with E-state index in [-0.39, 0.29) is 11.9 Å². The molecule has 0 bridgehead atoms. The Morgan fingerprint density at radius 3 is 2.58 bits per heavy atom. The van der Waals surface area contributed by atoms with E-state index < -0.39 is 6.10 Å². The van der Waals surface area contributed by atoms with Crippen LogP contribution in [0.15, 0.2) is 24.3 Å². The highest BCUT2D eigenvalue weighted by Crippen LogP contribution is 2.29. The van der Waals surface area contributed by atoms with E-state index in [0.29, 0.717) is 25.4 Å². The number of esters is 1. The normalized spacial score (nSPS) is 18.0. The number of rotatable bonds is 4. The Balaban J connectivity index is 2.02. The summed E-state index contributed by atoms with van der Waals surface area (Å²) < 4.78 is 10.2. The van der Waals surface area contributed by atoms with E-state index in [2.05, 4.69) is 0 Å². The predicted molar refractivity (Wildman–Crippen MR) is 70.9 cm³/mol. The molecule has 104 valence electrons. The third-order valence-corrected chi connectivity index (χ3v) is 3.48. The molecule has 4 heteroatoms. The van der Waals surface area contributed by atoms with Crippen molar-refractivity contribution in [3.8, 4) is 0 Å². The average Bonchev–Trinajstić information content (AvgIpc) is 2.48. The monoisotopic (exact) mass is 264 g/mol. The molecule has 1 aliphatic heterocycles. The minimum Gasteiger partial charge on any atom is -0.462 e. The number of carbonyl (C=O) groups is 1. The predicted octanol–water partition coefficient (Wildman–Crippen LogP) is 2.32. The number of aliphatic hydroxyl groups excluding tert-OH is 1. The lowest BCUT2D eigenvalue weighted by atomic mass is 9.89. The second-order valence-corrected chi connectivity index (χ2v) is 4.74. The summed E-state index contributed by atoms with van der Waals surface area (Å²) in [5.41, 5.74) is 1.37. The largest absolute Gasteiger partial charge is 0.462 e. The Morgan fingerprint density at radius 2 is 2.00 bits per heavy atom. The van der Waals surface area contributed by atoms with Gasteiger partial charge in [-0.1, -0.05) is 12.1 Å². The highest BCUT2D eigenvalue weighted by molar-refractivity contribution is 5.89. The second kappa shape index (κ2) is 6.68. The standard InChI is InChI=1S/C15H20O4/c1-2-19-15(17)13-5-3-11(4-6-13)14(16)12-7-9-18-10-8-12/h3-6,12,14,16H,2,7-10H2,1H3. The van der Waals surface area contributed by atoms with Crippen molar-refractivity contribution < 1.29 is 19.4 Å². The molecule has 1 atom stereocenters. The Kier molecular flexibility index (Phi) is 4.93. The topological polar surface area (TPSA) is 55.8 Å². The molecular formula is C15H20O4. The van der Waals surface area contributed by atoms with E-state index >= 15 is 0 Å². The molecule has 0 aliphatic carbocycles. The van der Waals surface area contributed by atoms with Gasteiger partial charge >= 0.3 is 5.97 Å². The number of hydrogen-bond acceptors (Lipinski definition) is 4. The number of hydrogen-bond donors (Lipinski definition) is 1. The van der Waals surface area contributed by atoms with E-state index in [9.17, 15) is 9.90 Å². The molecule has 1 aromatic rings. The van der Waals surface area contributed by atoms with Crippen LogP contribution in [0.4, 0.5) is 0 Å². The van der Waals surface area contributed by atoms with Crippen LogP contribution in [0.3, 0.4) is 0 Å². The summed E-state index contributed by atoms with van der Waals surface area (Å²) in [5.74, 6) is -0.0863. The smallest absolute Gasteiger partial charge is 0.338 e. The fourth-order valence-corrected chi connectivity index (χ4v) is 2.33. The Labute approximate surface area is 113 Å². The Morgan fingerprint density at radius 1 is 1.37 bits per heavy atom. The summed E-state index contributed by atoms with van der Waals surface area (Å²) >= 11 is 0. The zero-order chi connectivity index (χ0) is 13.7. The molecule has 0 aromatic heterocycles. The van der Waals surface area contributed by atoms with Crippen LogP contribution in [0.25, 0.3) is 0 Å². The molecule has 1 N–H and O–H groups in total. The molecular weight excluding hydrogens is 244 g/mol. The van der Waals surface area contributed by atoms with Gasteiger partial charge in [0.1, 0.15) is 0 Å². The van der Waals surface area contributed by atoms with E-state index in [1.807, 2.05) is 0 Å². The van der Waals surface area contributed by atoms with Crippen LogP contribution >= 0.6 is 0 Å². The van der Waals surface area contributed by atoms with Crippen molar-refractivity contribution in [2.75, 3.05) is 19.8 Å². The molecule has 19 heavy (non-hydrogen) atoms. The molecule has 1 aromatic carbocycles. The molecule has 1 unspecified atom stereocenters. The van der Waals surface area contributed by atoms with Crippen molar-refractivity contribution in [3.63, 3.8) is 0 Å². The minimum atomic E-state index is -0.486. The summed E-state index contributed by atoms with van der Waals surface area (Å²) in [7, 11) is 0. The first-order valence-electron chi connectivity index (χ1n) is 6.75. The SMILES string of the molecule is CCOC(=O)c1ccc(C(O)C2CCOCC2)cc1. The van der Waals surface area contributed by atoms with Crippen LogP contribution in [-0.4, -0.2) is 30.9 Å². The fraction of sp³-hybridized carbons (Fsp3) is 0.533. The number of carbonyl (C=O) groups excluding carboxylic acids is 1. The molecule has 0 radical (unpaired) electrons. The van der Waals surface area contributed by atoms with Gasteiger partial charge in [0, 0.05) is 13.2 Å². The number of benzene rings is 1. The number of aliphatic hydroxyl groups is 1. The molecule has 1 saturated heterocycles. The first kappa shape index (κ1) is 14.0. The first-order chi connectivity index (χ1) is 9.22. The lowest BCUT2D eigenvalue weighted by Crippen LogP contribution is -2.22. The molecule has 4 nitrogen and oxygen atoms in total. The first-order valence-corrected chi connectivity index (χ1v) is 6.75. The van der Waals surface area contributed by atoms with Crippen molar-refractivity contribution >= 4 is 5.97 Å². The van der Waals surface area contributed by atoms with Gasteiger partial charge in [0.15, 0.2) is 0 Å². The van der Waals surface area contributed by atoms with Gasteiger partial charge < -0.3 is 14.6 Å². The molecule has 0 spiro atoms. The average molecular weight is 264 g/mol. The van der Waals surface area contributed by atoms with Gasteiger partial charge in [-0.05, 0) is 43.4 Å². The summed E-state index contributed by atoms with van der Waals surface area (Å²) in [4.78, 5) is 11.5. The van der Waals surface area contributed by atoms with Crippen LogP contribution in [0.2, 0.25) is 0 Å². The Bertz CT molecular complexity index is 407. The molecule has 2 rings (SSSR count). The van der Waals surface area contributed by atoms with Crippen molar-refractivity contribution in [2.45, 2.75) is 25.9 Å². The highest BCUT2D eigenvalue weighted by atomic mass is 16.5. The van der Waals surface area contributed by atoms with Gasteiger partial charge in [0.2, 0.25) is 0 Å². The van der Waals surface area contributed by atoms with Crippen LogP contribution in [0, 0.1) is 5.92 Å². The van der Waals surface area contributed by atoms with Crippen LogP contribution in [0.1, 0.15) is 41.8 Å². The molecule has 1 heterocycles. The zero-order valence-electron chi connectivity index (χ0n) is 11.2. The maximum absolute atomic E-state index is 11.5. The molecule has 0 saturated carbocycles. The lowest BCUT2D eigenvalue weighted by molar-refractivity contribution is 0.00717. The van der Waals surface area contributed by atoms with Crippen molar-refractivity contribution in [1.29, 1.82) is 0 Å². The van der Waals surface area contributed by atoms with E-state index in [4.69, 9.17) is 9.47 Å². The van der Waals surface area contributed by atoms with Gasteiger partial charge in [-0.2, -0.15) is 0 Å². The lowest BCUT2D eigenvalue weighted by Gasteiger charge is -2.27. The third-order valence-electron chi connectivity index (χ3n) is 3.48. The van der Waals surface area contributed by atoms with E-state index in [1.54, 1.807) is 31.2 Å².